The molecule has 0 aliphatic heterocycles. The minimum absolute atomic E-state index is 0.0449. The molecule has 0 heterocycles. The Morgan fingerprint density at radius 2 is 1.76 bits per heavy atom. The highest BCUT2D eigenvalue weighted by molar-refractivity contribution is 7.90. The van der Waals surface area contributed by atoms with Gasteiger partial charge in [0.1, 0.15) is 9.84 Å². The number of benzene rings is 1. The molecule has 0 aliphatic carbocycles. The van der Waals surface area contributed by atoms with Gasteiger partial charge in [0, 0.05) is 18.1 Å². The first-order valence-corrected chi connectivity index (χ1v) is 8.69. The van der Waals surface area contributed by atoms with Crippen molar-refractivity contribution in [2.75, 3.05) is 19.1 Å². The van der Waals surface area contributed by atoms with Gasteiger partial charge in [-0.05, 0) is 44.0 Å². The predicted molar refractivity (Wildman–Crippen MR) is 76.9 cm³/mol. The Hall–Kier alpha value is -1.08. The fraction of sp³-hybridized carbons (Fsp3) is 0.571. The molecule has 1 aromatic rings. The standard InChI is InChI=1S/C14H20F3NO2S/c1-18-13(4-3-9-21(2,19)20)10-11-5-7-12(8-6-11)14(15,16)17/h5-8,13,18H,3-4,9-10H2,1-2H3. The quantitative estimate of drug-likeness (QED) is 0.839. The lowest BCUT2D eigenvalue weighted by Crippen LogP contribution is -2.28. The highest BCUT2D eigenvalue weighted by atomic mass is 32.2. The molecule has 0 radical (unpaired) electrons. The fourth-order valence-electron chi connectivity index (χ4n) is 2.05. The van der Waals surface area contributed by atoms with Gasteiger partial charge in [0.05, 0.1) is 5.56 Å². The number of likely N-dealkylation sites (N-methyl/N-ethyl adjacent to an activating group) is 1. The molecular weight excluding hydrogens is 303 g/mol. The smallest absolute Gasteiger partial charge is 0.317 e. The van der Waals surface area contributed by atoms with Crippen LogP contribution in [0.2, 0.25) is 0 Å². The van der Waals surface area contributed by atoms with Crippen molar-refractivity contribution in [3.63, 3.8) is 0 Å². The summed E-state index contributed by atoms with van der Waals surface area (Å²) in [5.74, 6) is 0.123. The van der Waals surface area contributed by atoms with Crippen molar-refractivity contribution < 1.29 is 21.6 Å². The maximum atomic E-state index is 12.5. The molecule has 1 unspecified atom stereocenters. The van der Waals surface area contributed by atoms with E-state index in [9.17, 15) is 21.6 Å². The van der Waals surface area contributed by atoms with E-state index in [1.54, 1.807) is 7.05 Å². The molecule has 0 aromatic heterocycles. The third-order valence-corrected chi connectivity index (χ3v) is 4.27. The van der Waals surface area contributed by atoms with Crippen molar-refractivity contribution in [3.8, 4) is 0 Å². The summed E-state index contributed by atoms with van der Waals surface area (Å²) >= 11 is 0. The SMILES string of the molecule is CNC(CCCS(C)(=O)=O)Cc1ccc(C(F)(F)F)cc1. The number of rotatable bonds is 7. The van der Waals surface area contributed by atoms with E-state index in [1.807, 2.05) is 0 Å². The van der Waals surface area contributed by atoms with Gasteiger partial charge >= 0.3 is 6.18 Å². The van der Waals surface area contributed by atoms with Gasteiger partial charge in [-0.1, -0.05) is 12.1 Å². The van der Waals surface area contributed by atoms with Crippen molar-refractivity contribution in [2.45, 2.75) is 31.5 Å². The van der Waals surface area contributed by atoms with Crippen LogP contribution in [0.15, 0.2) is 24.3 Å². The van der Waals surface area contributed by atoms with E-state index in [0.29, 0.717) is 19.3 Å². The topological polar surface area (TPSA) is 46.2 Å². The van der Waals surface area contributed by atoms with Crippen LogP contribution < -0.4 is 5.32 Å². The molecule has 1 atom stereocenters. The van der Waals surface area contributed by atoms with Gasteiger partial charge in [-0.15, -0.1) is 0 Å². The Morgan fingerprint density at radius 3 is 2.19 bits per heavy atom. The Bertz CT molecular complexity index is 538. The van der Waals surface area contributed by atoms with Gasteiger partial charge in [-0.3, -0.25) is 0 Å². The van der Waals surface area contributed by atoms with Gasteiger partial charge in [-0.25, -0.2) is 8.42 Å². The van der Waals surface area contributed by atoms with Crippen molar-refractivity contribution >= 4 is 9.84 Å². The Labute approximate surface area is 123 Å². The highest BCUT2D eigenvalue weighted by Crippen LogP contribution is 2.29. The molecule has 0 saturated heterocycles. The summed E-state index contributed by atoms with van der Waals surface area (Å²) < 4.78 is 59.5. The molecule has 0 bridgehead atoms. The number of sulfone groups is 1. The van der Waals surface area contributed by atoms with E-state index in [0.717, 1.165) is 17.7 Å². The average molecular weight is 323 g/mol. The third-order valence-electron chi connectivity index (χ3n) is 3.24. The normalized spacial score (nSPS) is 14.1. The average Bonchev–Trinajstić information content (AvgIpc) is 2.35. The lowest BCUT2D eigenvalue weighted by atomic mass is 10.0. The van der Waals surface area contributed by atoms with Crippen molar-refractivity contribution in [1.29, 1.82) is 0 Å². The van der Waals surface area contributed by atoms with Crippen LogP contribution in [-0.4, -0.2) is 33.5 Å². The molecule has 0 saturated carbocycles. The number of alkyl halides is 3. The molecule has 0 spiro atoms. The minimum atomic E-state index is -4.32. The summed E-state index contributed by atoms with van der Waals surface area (Å²) in [6.45, 7) is 0. The zero-order valence-corrected chi connectivity index (χ0v) is 12.9. The lowest BCUT2D eigenvalue weighted by molar-refractivity contribution is -0.137. The molecular formula is C14H20F3NO2S. The lowest BCUT2D eigenvalue weighted by Gasteiger charge is -2.16. The van der Waals surface area contributed by atoms with Gasteiger partial charge < -0.3 is 5.32 Å². The molecule has 21 heavy (non-hydrogen) atoms. The molecule has 7 heteroatoms. The van der Waals surface area contributed by atoms with Crippen LogP contribution in [0.25, 0.3) is 0 Å². The van der Waals surface area contributed by atoms with E-state index in [1.165, 1.54) is 18.4 Å². The largest absolute Gasteiger partial charge is 0.416 e. The summed E-state index contributed by atoms with van der Waals surface area (Å²) in [6, 6.07) is 5.10. The fourth-order valence-corrected chi connectivity index (χ4v) is 2.75. The first-order valence-electron chi connectivity index (χ1n) is 6.63. The first-order chi connectivity index (χ1) is 9.62. The van der Waals surface area contributed by atoms with Crippen LogP contribution in [0.5, 0.6) is 0 Å². The maximum Gasteiger partial charge on any atom is 0.416 e. The minimum Gasteiger partial charge on any atom is -0.317 e. The van der Waals surface area contributed by atoms with Crippen LogP contribution in [0.4, 0.5) is 13.2 Å². The Morgan fingerprint density at radius 1 is 1.19 bits per heavy atom. The van der Waals surface area contributed by atoms with Crippen molar-refractivity contribution in [3.05, 3.63) is 35.4 Å². The van der Waals surface area contributed by atoms with E-state index >= 15 is 0 Å². The van der Waals surface area contributed by atoms with Gasteiger partial charge in [-0.2, -0.15) is 13.2 Å². The predicted octanol–water partition coefficient (Wildman–Crippen LogP) is 2.66. The van der Waals surface area contributed by atoms with Crippen LogP contribution in [-0.2, 0) is 22.4 Å². The van der Waals surface area contributed by atoms with Crippen molar-refractivity contribution in [2.24, 2.45) is 0 Å². The molecule has 0 fully saturated rings. The highest BCUT2D eigenvalue weighted by Gasteiger charge is 2.29. The van der Waals surface area contributed by atoms with Crippen LogP contribution in [0.1, 0.15) is 24.0 Å². The zero-order valence-electron chi connectivity index (χ0n) is 12.1. The molecule has 1 N–H and O–H groups in total. The number of nitrogens with one attached hydrogen (secondary N) is 1. The Kier molecular flexibility index (Phi) is 6.22. The molecule has 0 aliphatic rings. The summed E-state index contributed by atoms with van der Waals surface area (Å²) in [4.78, 5) is 0. The van der Waals surface area contributed by atoms with E-state index < -0.39 is 21.6 Å². The summed E-state index contributed by atoms with van der Waals surface area (Å²) in [6.07, 6.45) is -1.37. The van der Waals surface area contributed by atoms with E-state index in [4.69, 9.17) is 0 Å². The third kappa shape index (κ3) is 6.95. The second kappa shape index (κ2) is 7.26. The van der Waals surface area contributed by atoms with Crippen LogP contribution >= 0.6 is 0 Å². The molecule has 1 rings (SSSR count). The van der Waals surface area contributed by atoms with Crippen molar-refractivity contribution in [1.82, 2.24) is 5.32 Å². The van der Waals surface area contributed by atoms with E-state index in [2.05, 4.69) is 5.32 Å². The maximum absolute atomic E-state index is 12.5. The van der Waals surface area contributed by atoms with Crippen LogP contribution in [0.3, 0.4) is 0 Å². The summed E-state index contributed by atoms with van der Waals surface area (Å²) in [7, 11) is -1.22. The number of halogens is 3. The second-order valence-corrected chi connectivity index (χ2v) is 7.42. The first kappa shape index (κ1) is 18.0. The van der Waals surface area contributed by atoms with Gasteiger partial charge in [0.2, 0.25) is 0 Å². The summed E-state index contributed by atoms with van der Waals surface area (Å²) in [5.41, 5.74) is 0.131. The number of hydrogen-bond donors (Lipinski definition) is 1. The monoisotopic (exact) mass is 323 g/mol. The molecule has 120 valence electrons. The van der Waals surface area contributed by atoms with Gasteiger partial charge in [0.15, 0.2) is 0 Å². The molecule has 3 nitrogen and oxygen atoms in total. The van der Waals surface area contributed by atoms with Crippen LogP contribution in [0, 0.1) is 0 Å². The Balaban J connectivity index is 2.57. The van der Waals surface area contributed by atoms with Gasteiger partial charge in [0.25, 0.3) is 0 Å². The van der Waals surface area contributed by atoms with E-state index in [-0.39, 0.29) is 11.8 Å². The second-order valence-electron chi connectivity index (χ2n) is 5.16. The number of hydrogen-bond acceptors (Lipinski definition) is 3. The zero-order chi connectivity index (χ0) is 16.1. The summed E-state index contributed by atoms with van der Waals surface area (Å²) in [5, 5.41) is 3.06. The molecule has 0 amide bonds. The molecule has 1 aromatic carbocycles.